The molecule has 0 unspecified atom stereocenters. The number of nitrogens with zero attached hydrogens (tertiary/aromatic N) is 1. The van der Waals surface area contributed by atoms with Crippen LogP contribution in [0.15, 0.2) is 24.4 Å². The van der Waals surface area contributed by atoms with Gasteiger partial charge >= 0.3 is 12.0 Å². The number of aliphatic carboxylic acids is 1. The normalized spacial score (nSPS) is 10.7. The summed E-state index contributed by atoms with van der Waals surface area (Å²) < 4.78 is 0. The number of amides is 2. The molecule has 2 aromatic rings. The van der Waals surface area contributed by atoms with Crippen LogP contribution in [-0.4, -0.2) is 47.1 Å². The minimum absolute atomic E-state index is 0.0494. The highest BCUT2D eigenvalue weighted by molar-refractivity contribution is 5.86. The summed E-state index contributed by atoms with van der Waals surface area (Å²) in [6, 6.07) is 6.00. The summed E-state index contributed by atoms with van der Waals surface area (Å²) in [6.45, 7) is 2.84. The van der Waals surface area contributed by atoms with Crippen molar-refractivity contribution in [3.63, 3.8) is 0 Å². The lowest BCUT2D eigenvalue weighted by molar-refractivity contribution is -0.137. The number of carboxylic acids is 1. The number of hydrogen-bond donors (Lipinski definition) is 3. The van der Waals surface area contributed by atoms with Gasteiger partial charge in [0, 0.05) is 37.2 Å². The molecule has 0 aliphatic heterocycles. The predicted molar refractivity (Wildman–Crippen MR) is 89.7 cm³/mol. The van der Waals surface area contributed by atoms with Gasteiger partial charge in [-0.05, 0) is 24.0 Å². The molecule has 0 aliphatic carbocycles. The Labute approximate surface area is 135 Å². The summed E-state index contributed by atoms with van der Waals surface area (Å²) >= 11 is 0. The van der Waals surface area contributed by atoms with E-state index in [4.69, 9.17) is 5.11 Å². The minimum atomic E-state index is -0.907. The first-order valence-electron chi connectivity index (χ1n) is 7.81. The van der Waals surface area contributed by atoms with E-state index in [1.54, 1.807) is 7.05 Å². The number of aromatic amines is 1. The Morgan fingerprint density at radius 1 is 1.30 bits per heavy atom. The molecule has 1 heterocycles. The standard InChI is InChI=1S/C17H23N3O3/c1-3-12-5-4-6-14-13(11-19-16(12)14)7-9-18-17(23)20(2)10-8-15(21)22/h4-6,11,19H,3,7-10H2,1-2H3,(H,18,23)(H,21,22). The van der Waals surface area contributed by atoms with E-state index in [-0.39, 0.29) is 19.0 Å². The highest BCUT2D eigenvalue weighted by Gasteiger charge is 2.10. The number of rotatable bonds is 7. The van der Waals surface area contributed by atoms with Gasteiger partial charge in [0.2, 0.25) is 0 Å². The highest BCUT2D eigenvalue weighted by atomic mass is 16.4. The van der Waals surface area contributed by atoms with Crippen molar-refractivity contribution in [2.45, 2.75) is 26.2 Å². The van der Waals surface area contributed by atoms with Gasteiger partial charge in [0.15, 0.2) is 0 Å². The molecule has 6 nitrogen and oxygen atoms in total. The molecular formula is C17H23N3O3. The monoisotopic (exact) mass is 317 g/mol. The zero-order chi connectivity index (χ0) is 16.8. The van der Waals surface area contributed by atoms with Crippen LogP contribution in [-0.2, 0) is 17.6 Å². The third-order valence-electron chi connectivity index (χ3n) is 3.95. The summed E-state index contributed by atoms with van der Waals surface area (Å²) in [5.41, 5.74) is 3.62. The molecule has 2 amide bonds. The fraction of sp³-hybridized carbons (Fsp3) is 0.412. The number of nitrogens with one attached hydrogen (secondary N) is 2. The Balaban J connectivity index is 1.89. The van der Waals surface area contributed by atoms with Crippen LogP contribution >= 0.6 is 0 Å². The number of aromatic nitrogens is 1. The Kier molecular flexibility index (Phi) is 5.62. The van der Waals surface area contributed by atoms with E-state index in [1.165, 1.54) is 21.4 Å². The van der Waals surface area contributed by atoms with Crippen LogP contribution in [0.4, 0.5) is 4.79 Å². The van der Waals surface area contributed by atoms with Gasteiger partial charge in [0.1, 0.15) is 0 Å². The first-order chi connectivity index (χ1) is 11.0. The lowest BCUT2D eigenvalue weighted by Gasteiger charge is -2.16. The molecule has 3 N–H and O–H groups in total. The number of H-pyrrole nitrogens is 1. The van der Waals surface area contributed by atoms with Crippen molar-refractivity contribution in [3.05, 3.63) is 35.5 Å². The smallest absolute Gasteiger partial charge is 0.317 e. The number of fused-ring (bicyclic) bond motifs is 1. The Morgan fingerprint density at radius 2 is 2.09 bits per heavy atom. The van der Waals surface area contributed by atoms with Crippen molar-refractivity contribution < 1.29 is 14.7 Å². The van der Waals surface area contributed by atoms with Gasteiger partial charge in [-0.15, -0.1) is 0 Å². The van der Waals surface area contributed by atoms with Gasteiger partial charge in [0.05, 0.1) is 6.42 Å². The first kappa shape index (κ1) is 16.9. The van der Waals surface area contributed by atoms with E-state index < -0.39 is 5.97 Å². The average molecular weight is 317 g/mol. The Bertz CT molecular complexity index is 693. The molecule has 0 aliphatic rings. The summed E-state index contributed by atoms with van der Waals surface area (Å²) in [6.07, 6.45) is 3.64. The maximum Gasteiger partial charge on any atom is 0.317 e. The lowest BCUT2D eigenvalue weighted by Crippen LogP contribution is -2.39. The van der Waals surface area contributed by atoms with Crippen LogP contribution in [0.2, 0.25) is 0 Å². The number of aryl methyl sites for hydroxylation is 1. The molecule has 6 heteroatoms. The van der Waals surface area contributed by atoms with E-state index in [2.05, 4.69) is 35.4 Å². The second kappa shape index (κ2) is 7.67. The molecule has 23 heavy (non-hydrogen) atoms. The zero-order valence-corrected chi connectivity index (χ0v) is 13.6. The van der Waals surface area contributed by atoms with Crippen LogP contribution in [0.3, 0.4) is 0 Å². The molecule has 1 aromatic heterocycles. The summed E-state index contributed by atoms with van der Waals surface area (Å²) in [7, 11) is 1.59. The van der Waals surface area contributed by atoms with Crippen molar-refractivity contribution in [1.29, 1.82) is 0 Å². The van der Waals surface area contributed by atoms with Crippen LogP contribution in [0.25, 0.3) is 10.9 Å². The van der Waals surface area contributed by atoms with Crippen molar-refractivity contribution in [1.82, 2.24) is 15.2 Å². The van der Waals surface area contributed by atoms with Gasteiger partial charge < -0.3 is 20.3 Å². The van der Waals surface area contributed by atoms with Gasteiger partial charge in [0.25, 0.3) is 0 Å². The zero-order valence-electron chi connectivity index (χ0n) is 13.6. The van der Waals surface area contributed by atoms with Crippen LogP contribution in [0, 0.1) is 0 Å². The molecule has 0 atom stereocenters. The topological polar surface area (TPSA) is 85.4 Å². The third-order valence-corrected chi connectivity index (χ3v) is 3.95. The number of hydrogen-bond acceptors (Lipinski definition) is 2. The fourth-order valence-corrected chi connectivity index (χ4v) is 2.58. The average Bonchev–Trinajstić information content (AvgIpc) is 2.95. The summed E-state index contributed by atoms with van der Waals surface area (Å²) in [4.78, 5) is 27.1. The van der Waals surface area contributed by atoms with Gasteiger partial charge in [-0.2, -0.15) is 0 Å². The molecule has 0 bridgehead atoms. The van der Waals surface area contributed by atoms with Gasteiger partial charge in [-0.25, -0.2) is 4.79 Å². The molecule has 0 saturated carbocycles. The molecular weight excluding hydrogens is 294 g/mol. The molecule has 2 rings (SSSR count). The maximum atomic E-state index is 11.9. The Hall–Kier alpha value is -2.50. The number of urea groups is 1. The number of carbonyl (C=O) groups is 2. The summed E-state index contributed by atoms with van der Waals surface area (Å²) in [5, 5.41) is 12.6. The molecule has 1 aromatic carbocycles. The number of benzene rings is 1. The van der Waals surface area contributed by atoms with Crippen molar-refractivity contribution in [2.24, 2.45) is 0 Å². The number of carboxylic acid groups (broad SMARTS) is 1. The molecule has 0 saturated heterocycles. The Morgan fingerprint density at radius 3 is 2.78 bits per heavy atom. The second-order valence-corrected chi connectivity index (χ2v) is 5.55. The van der Waals surface area contributed by atoms with Gasteiger partial charge in [-0.1, -0.05) is 25.1 Å². The van der Waals surface area contributed by atoms with Crippen LogP contribution in [0.5, 0.6) is 0 Å². The largest absolute Gasteiger partial charge is 0.481 e. The van der Waals surface area contributed by atoms with E-state index in [0.29, 0.717) is 6.54 Å². The SMILES string of the molecule is CCc1cccc2c(CCNC(=O)N(C)CCC(=O)O)c[nH]c12. The predicted octanol–water partition coefficient (Wildman–Crippen LogP) is 2.39. The maximum absolute atomic E-state index is 11.9. The third kappa shape index (κ3) is 4.25. The lowest BCUT2D eigenvalue weighted by atomic mass is 10.1. The number of para-hydroxylation sites is 1. The van der Waals surface area contributed by atoms with Gasteiger partial charge in [-0.3, -0.25) is 4.79 Å². The first-order valence-corrected chi connectivity index (χ1v) is 7.81. The number of carbonyl (C=O) groups excluding carboxylic acids is 1. The van der Waals surface area contributed by atoms with Crippen LogP contribution in [0.1, 0.15) is 24.5 Å². The van der Waals surface area contributed by atoms with E-state index in [0.717, 1.165) is 18.4 Å². The second-order valence-electron chi connectivity index (χ2n) is 5.55. The van der Waals surface area contributed by atoms with E-state index in [1.807, 2.05) is 6.20 Å². The summed E-state index contributed by atoms with van der Waals surface area (Å²) in [5.74, 6) is -0.907. The minimum Gasteiger partial charge on any atom is -0.481 e. The van der Waals surface area contributed by atoms with Crippen molar-refractivity contribution >= 4 is 22.9 Å². The molecule has 0 spiro atoms. The van der Waals surface area contributed by atoms with Crippen molar-refractivity contribution in [3.8, 4) is 0 Å². The van der Waals surface area contributed by atoms with E-state index in [9.17, 15) is 9.59 Å². The quantitative estimate of drug-likeness (QED) is 0.733. The molecule has 124 valence electrons. The van der Waals surface area contributed by atoms with E-state index >= 15 is 0 Å². The van der Waals surface area contributed by atoms with Crippen molar-refractivity contribution in [2.75, 3.05) is 20.1 Å². The molecule has 0 fully saturated rings. The fourth-order valence-electron chi connectivity index (χ4n) is 2.58. The molecule has 0 radical (unpaired) electrons. The van der Waals surface area contributed by atoms with Crippen LogP contribution < -0.4 is 5.32 Å². The highest BCUT2D eigenvalue weighted by Crippen LogP contribution is 2.22.